The minimum Gasteiger partial charge on any atom is -0.359 e. The Kier molecular flexibility index (Phi) is 5.17. The minimum atomic E-state index is 0.605. The average molecular weight is 330 g/mol. The molecule has 6 nitrogen and oxygen atoms in total. The van der Waals surface area contributed by atoms with E-state index in [-0.39, 0.29) is 0 Å². The monoisotopic (exact) mass is 330 g/mol. The van der Waals surface area contributed by atoms with Crippen LogP contribution in [-0.2, 0) is 6.42 Å². The van der Waals surface area contributed by atoms with Crippen molar-refractivity contribution in [3.63, 3.8) is 0 Å². The van der Waals surface area contributed by atoms with Crippen LogP contribution in [0.25, 0.3) is 0 Å². The van der Waals surface area contributed by atoms with Gasteiger partial charge in [0.25, 0.3) is 0 Å². The molecule has 0 spiro atoms. The number of benzene rings is 1. The molecule has 1 N–H and O–H groups in total. The first-order chi connectivity index (χ1) is 12.2. The third-order valence-electron chi connectivity index (χ3n) is 3.79. The van der Waals surface area contributed by atoms with Crippen LogP contribution in [0.1, 0.15) is 11.1 Å². The number of aromatic nitrogens is 3. The summed E-state index contributed by atoms with van der Waals surface area (Å²) >= 11 is 0. The van der Waals surface area contributed by atoms with Crippen LogP contribution >= 0.6 is 0 Å². The van der Waals surface area contributed by atoms with Crippen LogP contribution in [0.3, 0.4) is 0 Å². The summed E-state index contributed by atoms with van der Waals surface area (Å²) in [5, 5.41) is 12.2. The number of nitrogens with one attached hydrogen (secondary N) is 1. The Balaban J connectivity index is 1.67. The van der Waals surface area contributed by atoms with E-state index in [2.05, 4.69) is 31.2 Å². The number of rotatable bonds is 6. The number of hydrogen-bond donors (Lipinski definition) is 1. The zero-order chi connectivity index (χ0) is 17.5. The quantitative estimate of drug-likeness (QED) is 0.748. The normalized spacial score (nSPS) is 10.1. The van der Waals surface area contributed by atoms with Gasteiger partial charge >= 0.3 is 0 Å². The predicted molar refractivity (Wildman–Crippen MR) is 97.7 cm³/mol. The maximum atomic E-state index is 8.98. The van der Waals surface area contributed by atoms with Crippen molar-refractivity contribution < 1.29 is 0 Å². The Hall–Kier alpha value is -3.46. The fourth-order valence-corrected chi connectivity index (χ4v) is 2.40. The molecule has 1 aromatic carbocycles. The molecule has 0 saturated carbocycles. The summed E-state index contributed by atoms with van der Waals surface area (Å²) < 4.78 is 0. The molecule has 6 heteroatoms. The lowest BCUT2D eigenvalue weighted by molar-refractivity contribution is 0.855. The predicted octanol–water partition coefficient (Wildman–Crippen LogP) is 3.17. The number of likely N-dealkylation sites (N-methyl/N-ethyl adjacent to an activating group) is 1. The van der Waals surface area contributed by atoms with Gasteiger partial charge in [-0.3, -0.25) is 4.98 Å². The van der Waals surface area contributed by atoms with Crippen molar-refractivity contribution in [2.45, 2.75) is 6.42 Å². The van der Waals surface area contributed by atoms with Crippen molar-refractivity contribution in [3.8, 4) is 6.07 Å². The van der Waals surface area contributed by atoms with Gasteiger partial charge in [-0.1, -0.05) is 6.07 Å². The molecule has 2 aromatic heterocycles. The van der Waals surface area contributed by atoms with E-state index in [0.29, 0.717) is 11.4 Å². The van der Waals surface area contributed by atoms with Gasteiger partial charge in [0.05, 0.1) is 11.6 Å². The largest absolute Gasteiger partial charge is 0.359 e. The molecule has 3 aromatic rings. The molecule has 0 aliphatic heterocycles. The summed E-state index contributed by atoms with van der Waals surface area (Å²) in [4.78, 5) is 14.7. The lowest BCUT2D eigenvalue weighted by atomic mass is 10.2. The average Bonchev–Trinajstić information content (AvgIpc) is 2.67. The number of hydrogen-bond acceptors (Lipinski definition) is 6. The maximum absolute atomic E-state index is 8.98. The fraction of sp³-hybridized carbons (Fsp3) is 0.158. The van der Waals surface area contributed by atoms with Crippen molar-refractivity contribution in [3.05, 3.63) is 72.3 Å². The van der Waals surface area contributed by atoms with Crippen molar-refractivity contribution in [1.82, 2.24) is 15.0 Å². The molecule has 2 heterocycles. The molecule has 0 saturated heterocycles. The minimum absolute atomic E-state index is 0.605. The summed E-state index contributed by atoms with van der Waals surface area (Å²) in [5.74, 6) is 1.53. The van der Waals surface area contributed by atoms with Crippen molar-refractivity contribution in [2.24, 2.45) is 0 Å². The molecule has 0 atom stereocenters. The molecule has 25 heavy (non-hydrogen) atoms. The van der Waals surface area contributed by atoms with E-state index in [1.807, 2.05) is 37.4 Å². The third kappa shape index (κ3) is 4.52. The molecule has 0 amide bonds. The van der Waals surface area contributed by atoms with Gasteiger partial charge in [-0.25, -0.2) is 9.97 Å². The number of pyridine rings is 1. The van der Waals surface area contributed by atoms with Gasteiger partial charge in [-0.15, -0.1) is 0 Å². The lowest BCUT2D eigenvalue weighted by Crippen LogP contribution is -2.21. The maximum Gasteiger partial charge on any atom is 0.135 e. The topological polar surface area (TPSA) is 77.7 Å². The van der Waals surface area contributed by atoms with Crippen LogP contribution in [0.4, 0.5) is 17.3 Å². The zero-order valence-electron chi connectivity index (χ0n) is 13.9. The van der Waals surface area contributed by atoms with E-state index in [4.69, 9.17) is 5.26 Å². The molecular weight excluding hydrogens is 312 g/mol. The van der Waals surface area contributed by atoms with E-state index >= 15 is 0 Å². The number of nitrogens with zero attached hydrogens (tertiary/aromatic N) is 5. The Morgan fingerprint density at radius 3 is 2.76 bits per heavy atom. The van der Waals surface area contributed by atoms with Gasteiger partial charge in [0.15, 0.2) is 0 Å². The highest BCUT2D eigenvalue weighted by atomic mass is 15.2. The fourth-order valence-electron chi connectivity index (χ4n) is 2.40. The van der Waals surface area contributed by atoms with Crippen molar-refractivity contribution in [2.75, 3.05) is 23.8 Å². The first-order valence-corrected chi connectivity index (χ1v) is 7.94. The van der Waals surface area contributed by atoms with E-state index < -0.39 is 0 Å². The SMILES string of the molecule is CN(CCc1ccncc1)c1cc(Nc2cccc(C#N)c2)ncn1. The molecule has 124 valence electrons. The number of anilines is 3. The van der Waals surface area contributed by atoms with Crippen LogP contribution in [0.2, 0.25) is 0 Å². The summed E-state index contributed by atoms with van der Waals surface area (Å²) in [5.41, 5.74) is 2.67. The van der Waals surface area contributed by atoms with Gasteiger partial charge in [0, 0.05) is 37.7 Å². The second-order valence-electron chi connectivity index (χ2n) is 5.61. The highest BCUT2D eigenvalue weighted by Crippen LogP contribution is 2.19. The van der Waals surface area contributed by atoms with E-state index in [9.17, 15) is 0 Å². The van der Waals surface area contributed by atoms with Gasteiger partial charge in [-0.2, -0.15) is 5.26 Å². The van der Waals surface area contributed by atoms with Gasteiger partial charge in [0.2, 0.25) is 0 Å². The summed E-state index contributed by atoms with van der Waals surface area (Å²) in [6.45, 7) is 0.838. The Morgan fingerprint density at radius 1 is 1.12 bits per heavy atom. The van der Waals surface area contributed by atoms with Crippen LogP contribution in [0.15, 0.2) is 61.2 Å². The van der Waals surface area contributed by atoms with Crippen molar-refractivity contribution in [1.29, 1.82) is 5.26 Å². The molecule has 3 rings (SSSR count). The summed E-state index contributed by atoms with van der Waals surface area (Å²) in [7, 11) is 2.00. The van der Waals surface area contributed by atoms with Crippen molar-refractivity contribution >= 4 is 17.3 Å². The summed E-state index contributed by atoms with van der Waals surface area (Å²) in [6.07, 6.45) is 6.06. The Labute approximate surface area is 146 Å². The van der Waals surface area contributed by atoms with Crippen LogP contribution < -0.4 is 10.2 Å². The number of nitriles is 1. The standard InChI is InChI=1S/C19H18N6/c1-25(10-7-15-5-8-21-9-6-15)19-12-18(22-14-23-19)24-17-4-2-3-16(11-17)13-20/h2-6,8-9,11-12,14H,7,10H2,1H3,(H,22,23,24). The van der Waals surface area contributed by atoms with Crippen LogP contribution in [0.5, 0.6) is 0 Å². The summed E-state index contributed by atoms with van der Waals surface area (Å²) in [6, 6.07) is 15.3. The second-order valence-corrected chi connectivity index (χ2v) is 5.61. The van der Waals surface area contributed by atoms with E-state index in [0.717, 1.165) is 24.5 Å². The first kappa shape index (κ1) is 16.4. The molecular formula is C19H18N6. The first-order valence-electron chi connectivity index (χ1n) is 7.94. The molecule has 0 aliphatic rings. The smallest absolute Gasteiger partial charge is 0.135 e. The molecule has 0 radical (unpaired) electrons. The van der Waals surface area contributed by atoms with Gasteiger partial charge < -0.3 is 10.2 Å². The lowest BCUT2D eigenvalue weighted by Gasteiger charge is -2.18. The molecule has 0 fully saturated rings. The van der Waals surface area contributed by atoms with E-state index in [1.54, 1.807) is 24.5 Å². The Bertz CT molecular complexity index is 872. The highest BCUT2D eigenvalue weighted by molar-refractivity contribution is 5.60. The van der Waals surface area contributed by atoms with Gasteiger partial charge in [0.1, 0.15) is 18.0 Å². The second kappa shape index (κ2) is 7.88. The van der Waals surface area contributed by atoms with Crippen LogP contribution in [-0.4, -0.2) is 28.5 Å². The Morgan fingerprint density at radius 2 is 1.96 bits per heavy atom. The molecule has 0 bridgehead atoms. The van der Waals surface area contributed by atoms with E-state index in [1.165, 1.54) is 11.9 Å². The molecule has 0 unspecified atom stereocenters. The van der Waals surface area contributed by atoms with Gasteiger partial charge in [-0.05, 0) is 42.3 Å². The highest BCUT2D eigenvalue weighted by Gasteiger charge is 2.06. The molecule has 0 aliphatic carbocycles. The third-order valence-corrected chi connectivity index (χ3v) is 3.79. The zero-order valence-corrected chi connectivity index (χ0v) is 13.9. The van der Waals surface area contributed by atoms with Crippen LogP contribution in [0, 0.1) is 11.3 Å².